The van der Waals surface area contributed by atoms with Crippen molar-refractivity contribution in [2.24, 2.45) is 0 Å². The van der Waals surface area contributed by atoms with Crippen LogP contribution < -0.4 is 10.6 Å². The van der Waals surface area contributed by atoms with Gasteiger partial charge < -0.3 is 10.6 Å². The van der Waals surface area contributed by atoms with E-state index in [2.05, 4.69) is 20.5 Å². The number of aromatic nitrogens is 1. The molecule has 2 N–H and O–H groups in total. The molecular weight excluding hydrogens is 307 g/mol. The lowest BCUT2D eigenvalue weighted by Gasteiger charge is -2.45. The lowest BCUT2D eigenvalue weighted by Crippen LogP contribution is -2.62. The summed E-state index contributed by atoms with van der Waals surface area (Å²) in [6.07, 6.45) is 3.33. The molecule has 0 radical (unpaired) electrons. The molecule has 0 saturated carbocycles. The quantitative estimate of drug-likeness (QED) is 0.890. The average Bonchev–Trinajstić information content (AvgIpc) is 2.58. The first-order valence-electron chi connectivity index (χ1n) is 8.17. The number of likely N-dealkylation sites (tertiary alicyclic amines) is 1. The topological polar surface area (TPSA) is 57.3 Å². The minimum Gasteiger partial charge on any atom is -0.362 e. The number of pyridine rings is 1. The predicted octanol–water partition coefficient (Wildman–Crippen LogP) is 2.37. The van der Waals surface area contributed by atoms with Crippen LogP contribution in [0, 0.1) is 5.82 Å². The Hall–Kier alpha value is -2.47. The Bertz CT molecular complexity index is 757. The van der Waals surface area contributed by atoms with Crippen molar-refractivity contribution in [1.82, 2.24) is 15.2 Å². The Morgan fingerprint density at radius 3 is 2.71 bits per heavy atom. The number of hydrogen-bond donors (Lipinski definition) is 2. The van der Waals surface area contributed by atoms with Gasteiger partial charge in [-0.1, -0.05) is 12.1 Å². The summed E-state index contributed by atoms with van der Waals surface area (Å²) in [5.74, 6) is -0.819. The summed E-state index contributed by atoms with van der Waals surface area (Å²) >= 11 is 0. The fourth-order valence-corrected chi connectivity index (χ4v) is 3.49. The first kappa shape index (κ1) is 15.1. The number of carbonyl (C=O) groups is 1. The molecule has 0 aliphatic carbocycles. The number of halogens is 1. The van der Waals surface area contributed by atoms with Gasteiger partial charge in [0.15, 0.2) is 0 Å². The standard InChI is InChI=1S/C18H19FN4O/c19-14-5-3-6-15-16(14)17(24)22-18(21-15)7-10-23(11-8-18)12-13-4-1-2-9-20-13/h1-6,9,21H,7-8,10-12H2,(H,22,24). The van der Waals surface area contributed by atoms with Crippen molar-refractivity contribution in [3.63, 3.8) is 0 Å². The van der Waals surface area contributed by atoms with Crippen LogP contribution in [0.2, 0.25) is 0 Å². The van der Waals surface area contributed by atoms with E-state index in [1.54, 1.807) is 18.3 Å². The van der Waals surface area contributed by atoms with Crippen molar-refractivity contribution < 1.29 is 9.18 Å². The van der Waals surface area contributed by atoms with Gasteiger partial charge in [-0.3, -0.25) is 14.7 Å². The molecule has 1 amide bonds. The number of hydrogen-bond acceptors (Lipinski definition) is 4. The summed E-state index contributed by atoms with van der Waals surface area (Å²) in [5, 5.41) is 6.33. The molecule has 1 aromatic heterocycles. The molecule has 1 saturated heterocycles. The number of nitrogens with one attached hydrogen (secondary N) is 2. The molecule has 124 valence electrons. The maximum atomic E-state index is 13.9. The van der Waals surface area contributed by atoms with Crippen LogP contribution in [0.1, 0.15) is 28.9 Å². The monoisotopic (exact) mass is 326 g/mol. The van der Waals surface area contributed by atoms with Crippen LogP contribution in [-0.4, -0.2) is 34.5 Å². The lowest BCUT2D eigenvalue weighted by molar-refractivity contribution is 0.0816. The van der Waals surface area contributed by atoms with Gasteiger partial charge in [0.2, 0.25) is 0 Å². The third kappa shape index (κ3) is 2.73. The van der Waals surface area contributed by atoms with Crippen molar-refractivity contribution in [3.8, 4) is 0 Å². The number of carbonyl (C=O) groups excluding carboxylic acids is 1. The molecule has 1 fully saturated rings. The van der Waals surface area contributed by atoms with E-state index >= 15 is 0 Å². The highest BCUT2D eigenvalue weighted by Crippen LogP contribution is 2.32. The lowest BCUT2D eigenvalue weighted by atomic mass is 9.92. The summed E-state index contributed by atoms with van der Waals surface area (Å²) in [4.78, 5) is 19.0. The molecule has 2 aliphatic heterocycles. The van der Waals surface area contributed by atoms with Gasteiger partial charge >= 0.3 is 0 Å². The van der Waals surface area contributed by atoms with Crippen LogP contribution in [0.4, 0.5) is 10.1 Å². The molecule has 0 atom stereocenters. The van der Waals surface area contributed by atoms with Crippen LogP contribution in [0.3, 0.4) is 0 Å². The third-order valence-corrected chi connectivity index (χ3v) is 4.79. The highest BCUT2D eigenvalue weighted by Gasteiger charge is 2.41. The SMILES string of the molecule is O=C1NC2(CCN(Cc3ccccn3)CC2)Nc2cccc(F)c21. The van der Waals surface area contributed by atoms with E-state index in [4.69, 9.17) is 0 Å². The average molecular weight is 326 g/mol. The number of amides is 1. The van der Waals surface area contributed by atoms with E-state index < -0.39 is 11.5 Å². The van der Waals surface area contributed by atoms with Gasteiger partial charge in [-0.05, 0) is 24.3 Å². The van der Waals surface area contributed by atoms with Crippen molar-refractivity contribution >= 4 is 11.6 Å². The molecule has 1 spiro atoms. The largest absolute Gasteiger partial charge is 0.362 e. The van der Waals surface area contributed by atoms with Crippen LogP contribution in [0.25, 0.3) is 0 Å². The van der Waals surface area contributed by atoms with Crippen LogP contribution in [0.5, 0.6) is 0 Å². The second-order valence-corrected chi connectivity index (χ2v) is 6.42. The van der Waals surface area contributed by atoms with E-state index in [0.29, 0.717) is 5.69 Å². The van der Waals surface area contributed by atoms with Gasteiger partial charge in [-0.25, -0.2) is 4.39 Å². The highest BCUT2D eigenvalue weighted by atomic mass is 19.1. The number of fused-ring (bicyclic) bond motifs is 1. The highest BCUT2D eigenvalue weighted by molar-refractivity contribution is 6.02. The molecule has 24 heavy (non-hydrogen) atoms. The molecule has 1 aromatic carbocycles. The van der Waals surface area contributed by atoms with E-state index in [0.717, 1.165) is 38.2 Å². The summed E-state index contributed by atoms with van der Waals surface area (Å²) in [5.41, 5.74) is 1.25. The zero-order valence-corrected chi connectivity index (χ0v) is 13.3. The van der Waals surface area contributed by atoms with E-state index in [-0.39, 0.29) is 11.5 Å². The molecule has 0 bridgehead atoms. The second kappa shape index (κ2) is 5.87. The minimum atomic E-state index is -0.488. The summed E-state index contributed by atoms with van der Waals surface area (Å²) in [6.45, 7) is 2.49. The van der Waals surface area contributed by atoms with Gasteiger partial charge in [-0.15, -0.1) is 0 Å². The fourth-order valence-electron chi connectivity index (χ4n) is 3.49. The number of piperidine rings is 1. The molecule has 5 nitrogen and oxygen atoms in total. The Morgan fingerprint density at radius 1 is 1.12 bits per heavy atom. The number of benzene rings is 1. The van der Waals surface area contributed by atoms with Crippen molar-refractivity contribution in [2.45, 2.75) is 25.0 Å². The van der Waals surface area contributed by atoms with Crippen molar-refractivity contribution in [3.05, 3.63) is 59.7 Å². The molecule has 4 rings (SSSR count). The van der Waals surface area contributed by atoms with Gasteiger partial charge in [0.05, 0.1) is 16.9 Å². The van der Waals surface area contributed by atoms with Crippen LogP contribution in [-0.2, 0) is 6.54 Å². The summed E-state index contributed by atoms with van der Waals surface area (Å²) in [6, 6.07) is 10.6. The first-order valence-corrected chi connectivity index (χ1v) is 8.17. The van der Waals surface area contributed by atoms with Gasteiger partial charge in [0, 0.05) is 38.7 Å². The molecule has 3 heterocycles. The molecule has 2 aromatic rings. The number of rotatable bonds is 2. The van der Waals surface area contributed by atoms with Gasteiger partial charge in [-0.2, -0.15) is 0 Å². The van der Waals surface area contributed by atoms with E-state index in [1.165, 1.54) is 6.07 Å². The first-order chi connectivity index (χ1) is 11.7. The Labute approximate surface area is 139 Å². The Balaban J connectivity index is 1.46. The number of nitrogens with zero attached hydrogens (tertiary/aromatic N) is 2. The third-order valence-electron chi connectivity index (χ3n) is 4.79. The van der Waals surface area contributed by atoms with Gasteiger partial charge in [0.25, 0.3) is 5.91 Å². The molecule has 0 unspecified atom stereocenters. The second-order valence-electron chi connectivity index (χ2n) is 6.42. The Morgan fingerprint density at radius 2 is 1.96 bits per heavy atom. The number of anilines is 1. The fraction of sp³-hybridized carbons (Fsp3) is 0.333. The normalized spacial score (nSPS) is 19.5. The molecular formula is C18H19FN4O. The van der Waals surface area contributed by atoms with Crippen LogP contribution in [0.15, 0.2) is 42.6 Å². The van der Waals surface area contributed by atoms with E-state index in [9.17, 15) is 9.18 Å². The summed E-state index contributed by atoms with van der Waals surface area (Å²) < 4.78 is 13.9. The Kier molecular flexibility index (Phi) is 3.69. The van der Waals surface area contributed by atoms with Crippen LogP contribution >= 0.6 is 0 Å². The van der Waals surface area contributed by atoms with E-state index in [1.807, 2.05) is 18.2 Å². The van der Waals surface area contributed by atoms with Crippen molar-refractivity contribution in [2.75, 3.05) is 18.4 Å². The summed E-state index contributed by atoms with van der Waals surface area (Å²) in [7, 11) is 0. The minimum absolute atomic E-state index is 0.110. The molecule has 6 heteroatoms. The molecule has 2 aliphatic rings. The van der Waals surface area contributed by atoms with Crippen molar-refractivity contribution in [1.29, 1.82) is 0 Å². The van der Waals surface area contributed by atoms with Gasteiger partial charge in [0.1, 0.15) is 11.5 Å². The smallest absolute Gasteiger partial charge is 0.258 e. The maximum absolute atomic E-state index is 13.9. The predicted molar refractivity (Wildman–Crippen MR) is 89.0 cm³/mol. The maximum Gasteiger partial charge on any atom is 0.258 e. The zero-order chi connectivity index (χ0) is 16.6. The zero-order valence-electron chi connectivity index (χ0n) is 13.3.